The van der Waals surface area contributed by atoms with E-state index in [1.165, 1.54) is 11.1 Å². The van der Waals surface area contributed by atoms with Gasteiger partial charge < -0.3 is 14.4 Å². The van der Waals surface area contributed by atoms with Crippen LogP contribution in [0.15, 0.2) is 24.3 Å². The molecule has 1 aromatic rings. The quantitative estimate of drug-likeness (QED) is 0.812. The lowest BCUT2D eigenvalue weighted by molar-refractivity contribution is -0.164. The summed E-state index contributed by atoms with van der Waals surface area (Å²) in [5.74, 6) is 0.783. The molecule has 0 N–H and O–H groups in total. The van der Waals surface area contributed by atoms with E-state index >= 15 is 0 Å². The highest BCUT2D eigenvalue weighted by atomic mass is 16.5. The number of amides is 1. The number of nitrogens with zero attached hydrogens (tertiary/aromatic N) is 1. The summed E-state index contributed by atoms with van der Waals surface area (Å²) in [6.45, 7) is 5.97. The lowest BCUT2D eigenvalue weighted by Crippen LogP contribution is -2.58. The van der Waals surface area contributed by atoms with E-state index in [9.17, 15) is 4.79 Å². The Bertz CT molecular complexity index is 621. The van der Waals surface area contributed by atoms with Crippen molar-refractivity contribution in [2.75, 3.05) is 32.9 Å². The van der Waals surface area contributed by atoms with Gasteiger partial charge in [-0.05, 0) is 56.1 Å². The molecule has 26 heavy (non-hydrogen) atoms. The largest absolute Gasteiger partial charge is 0.381 e. The summed E-state index contributed by atoms with van der Waals surface area (Å²) >= 11 is 0. The van der Waals surface area contributed by atoms with Crippen molar-refractivity contribution in [2.24, 2.45) is 11.3 Å². The zero-order valence-electron chi connectivity index (χ0n) is 15.9. The van der Waals surface area contributed by atoms with Crippen LogP contribution < -0.4 is 0 Å². The molecule has 2 saturated heterocycles. The lowest BCUT2D eigenvalue weighted by Gasteiger charge is -2.50. The number of carbonyl (C=O) groups excluding carboxylic acids is 1. The summed E-state index contributed by atoms with van der Waals surface area (Å²) in [5.41, 5.74) is 2.86. The molecule has 0 unspecified atom stereocenters. The van der Waals surface area contributed by atoms with Crippen LogP contribution in [0, 0.1) is 11.3 Å². The van der Waals surface area contributed by atoms with Gasteiger partial charge in [0.2, 0.25) is 5.91 Å². The first kappa shape index (κ1) is 18.0. The minimum Gasteiger partial charge on any atom is -0.381 e. The SMILES string of the molecule is CCOC[C@@]12CCCO[C@@H]1CCN(C(=O)CC1Cc3ccccc3C1)C2. The van der Waals surface area contributed by atoms with Gasteiger partial charge in [0.05, 0.1) is 12.7 Å². The Labute approximate surface area is 156 Å². The Balaban J connectivity index is 1.39. The maximum atomic E-state index is 13.0. The molecule has 4 rings (SSSR count). The molecule has 1 aliphatic carbocycles. The molecule has 2 fully saturated rings. The Hall–Kier alpha value is -1.39. The standard InChI is InChI=1S/C22H31NO3/c1-2-25-16-22-9-5-11-26-20(22)8-10-23(15-22)21(24)14-17-12-18-6-3-4-7-19(18)13-17/h3-4,6-7,17,20H,2,5,8-16H2,1H3/t20-,22+/m1/s1. The number of piperidine rings is 1. The molecule has 0 radical (unpaired) electrons. The maximum Gasteiger partial charge on any atom is 0.222 e. The number of rotatable bonds is 5. The Morgan fingerprint density at radius 3 is 2.81 bits per heavy atom. The second kappa shape index (κ2) is 7.69. The molecule has 4 nitrogen and oxygen atoms in total. The van der Waals surface area contributed by atoms with E-state index in [4.69, 9.17) is 9.47 Å². The van der Waals surface area contributed by atoms with Gasteiger partial charge in [0.1, 0.15) is 0 Å². The predicted molar refractivity (Wildman–Crippen MR) is 101 cm³/mol. The smallest absolute Gasteiger partial charge is 0.222 e. The lowest BCUT2D eigenvalue weighted by atomic mass is 9.73. The van der Waals surface area contributed by atoms with Crippen molar-refractivity contribution in [3.8, 4) is 0 Å². The van der Waals surface area contributed by atoms with Gasteiger partial charge in [-0.2, -0.15) is 0 Å². The van der Waals surface area contributed by atoms with Crippen molar-refractivity contribution < 1.29 is 14.3 Å². The number of benzene rings is 1. The molecule has 0 aromatic heterocycles. The molecular weight excluding hydrogens is 326 g/mol. The van der Waals surface area contributed by atoms with Crippen LogP contribution >= 0.6 is 0 Å². The van der Waals surface area contributed by atoms with Crippen LogP contribution in [0.1, 0.15) is 43.7 Å². The molecule has 4 heteroatoms. The van der Waals surface area contributed by atoms with E-state index in [1.807, 2.05) is 6.92 Å². The number of likely N-dealkylation sites (tertiary alicyclic amines) is 1. The highest BCUT2D eigenvalue weighted by Gasteiger charge is 2.47. The summed E-state index contributed by atoms with van der Waals surface area (Å²) < 4.78 is 11.9. The van der Waals surface area contributed by atoms with Crippen LogP contribution in [0.25, 0.3) is 0 Å². The average molecular weight is 357 g/mol. The maximum absolute atomic E-state index is 13.0. The predicted octanol–water partition coefficient (Wildman–Crippen LogP) is 3.23. The van der Waals surface area contributed by atoms with Gasteiger partial charge in [-0.25, -0.2) is 0 Å². The van der Waals surface area contributed by atoms with Crippen LogP contribution in [-0.2, 0) is 27.1 Å². The highest BCUT2D eigenvalue weighted by Crippen LogP contribution is 2.41. The monoisotopic (exact) mass is 357 g/mol. The van der Waals surface area contributed by atoms with Crippen molar-refractivity contribution in [1.82, 2.24) is 4.90 Å². The third-order valence-electron chi connectivity index (χ3n) is 6.53. The summed E-state index contributed by atoms with van der Waals surface area (Å²) in [7, 11) is 0. The zero-order valence-corrected chi connectivity index (χ0v) is 15.9. The van der Waals surface area contributed by atoms with E-state index in [2.05, 4.69) is 29.2 Å². The van der Waals surface area contributed by atoms with Gasteiger partial charge >= 0.3 is 0 Å². The molecule has 1 amide bonds. The summed E-state index contributed by atoms with van der Waals surface area (Å²) in [5, 5.41) is 0. The number of ether oxygens (including phenoxy) is 2. The molecule has 2 aliphatic heterocycles. The molecule has 0 bridgehead atoms. The van der Waals surface area contributed by atoms with Gasteiger partial charge in [-0.3, -0.25) is 4.79 Å². The number of hydrogen-bond acceptors (Lipinski definition) is 3. The van der Waals surface area contributed by atoms with Crippen LogP contribution in [0.5, 0.6) is 0 Å². The number of fused-ring (bicyclic) bond motifs is 2. The van der Waals surface area contributed by atoms with Crippen molar-refractivity contribution in [3.05, 3.63) is 35.4 Å². The fraction of sp³-hybridized carbons (Fsp3) is 0.682. The zero-order chi connectivity index (χ0) is 18.0. The van der Waals surface area contributed by atoms with Crippen molar-refractivity contribution in [2.45, 2.75) is 51.6 Å². The molecule has 3 aliphatic rings. The van der Waals surface area contributed by atoms with Crippen molar-refractivity contribution in [3.63, 3.8) is 0 Å². The fourth-order valence-electron chi connectivity index (χ4n) is 5.19. The minimum absolute atomic E-state index is 0.000803. The van der Waals surface area contributed by atoms with Crippen LogP contribution in [-0.4, -0.2) is 49.8 Å². The normalized spacial score (nSPS) is 28.7. The average Bonchev–Trinajstić information content (AvgIpc) is 3.08. The first-order valence-electron chi connectivity index (χ1n) is 10.2. The van der Waals surface area contributed by atoms with Crippen LogP contribution in [0.2, 0.25) is 0 Å². The summed E-state index contributed by atoms with van der Waals surface area (Å²) in [4.78, 5) is 15.1. The second-order valence-corrected chi connectivity index (χ2v) is 8.31. The third-order valence-corrected chi connectivity index (χ3v) is 6.53. The molecule has 1 aromatic carbocycles. The van der Waals surface area contributed by atoms with Gasteiger partial charge in [0, 0.05) is 38.1 Å². The number of carbonyl (C=O) groups is 1. The van der Waals surface area contributed by atoms with Gasteiger partial charge in [-0.1, -0.05) is 24.3 Å². The summed E-state index contributed by atoms with van der Waals surface area (Å²) in [6, 6.07) is 8.63. The van der Waals surface area contributed by atoms with Crippen molar-refractivity contribution >= 4 is 5.91 Å². The highest BCUT2D eigenvalue weighted by molar-refractivity contribution is 5.77. The van der Waals surface area contributed by atoms with E-state index in [1.54, 1.807) is 0 Å². The van der Waals surface area contributed by atoms with Crippen LogP contribution in [0.4, 0.5) is 0 Å². The Morgan fingerprint density at radius 1 is 1.31 bits per heavy atom. The first-order chi connectivity index (χ1) is 12.7. The molecule has 0 saturated carbocycles. The summed E-state index contributed by atoms with van der Waals surface area (Å²) in [6.07, 6.45) is 6.15. The molecule has 2 heterocycles. The van der Waals surface area contributed by atoms with Gasteiger partial charge in [-0.15, -0.1) is 0 Å². The Kier molecular flexibility index (Phi) is 5.32. The molecule has 0 spiro atoms. The Morgan fingerprint density at radius 2 is 2.08 bits per heavy atom. The van der Waals surface area contributed by atoms with E-state index in [-0.39, 0.29) is 11.5 Å². The molecule has 142 valence electrons. The van der Waals surface area contributed by atoms with E-state index in [0.29, 0.717) is 24.9 Å². The minimum atomic E-state index is 0.000803. The third kappa shape index (κ3) is 3.54. The van der Waals surface area contributed by atoms with E-state index < -0.39 is 0 Å². The first-order valence-corrected chi connectivity index (χ1v) is 10.2. The van der Waals surface area contributed by atoms with Crippen molar-refractivity contribution in [1.29, 1.82) is 0 Å². The van der Waals surface area contributed by atoms with Crippen LogP contribution in [0.3, 0.4) is 0 Å². The number of hydrogen-bond donors (Lipinski definition) is 0. The van der Waals surface area contributed by atoms with Gasteiger partial charge in [0.25, 0.3) is 0 Å². The topological polar surface area (TPSA) is 38.8 Å². The second-order valence-electron chi connectivity index (χ2n) is 8.31. The fourth-order valence-corrected chi connectivity index (χ4v) is 5.19. The molecular formula is C22H31NO3. The van der Waals surface area contributed by atoms with Gasteiger partial charge in [0.15, 0.2) is 0 Å². The van der Waals surface area contributed by atoms with E-state index in [0.717, 1.165) is 58.4 Å². The molecule has 2 atom stereocenters.